The summed E-state index contributed by atoms with van der Waals surface area (Å²) >= 11 is 0. The molecule has 2 aliphatic rings. The third kappa shape index (κ3) is 5.44. The molecular formula is C25H31N3O3. The molecule has 2 heterocycles. The van der Waals surface area contributed by atoms with Crippen molar-refractivity contribution < 1.29 is 14.3 Å². The maximum Gasteiger partial charge on any atom is 0.260 e. The van der Waals surface area contributed by atoms with E-state index in [9.17, 15) is 9.59 Å². The summed E-state index contributed by atoms with van der Waals surface area (Å²) in [5.41, 5.74) is 4.57. The third-order valence-electron chi connectivity index (χ3n) is 6.11. The van der Waals surface area contributed by atoms with Gasteiger partial charge < -0.3 is 15.0 Å². The molecule has 6 heteroatoms. The van der Waals surface area contributed by atoms with Gasteiger partial charge in [-0.05, 0) is 47.2 Å². The molecule has 2 aliphatic heterocycles. The summed E-state index contributed by atoms with van der Waals surface area (Å²) in [6.07, 6.45) is 1.19. The smallest absolute Gasteiger partial charge is 0.260 e. The third-order valence-corrected chi connectivity index (χ3v) is 6.11. The SMILES string of the molecule is CC(C)c1ccc(CN2CCN(C(=O)COc3ccc4c(c3)CCC(=O)N4)CC2)cc1. The monoisotopic (exact) mass is 421 g/mol. The van der Waals surface area contributed by atoms with E-state index in [1.54, 1.807) is 6.07 Å². The molecule has 6 nitrogen and oxygen atoms in total. The van der Waals surface area contributed by atoms with Gasteiger partial charge in [-0.3, -0.25) is 14.5 Å². The zero-order valence-corrected chi connectivity index (χ0v) is 18.4. The Morgan fingerprint density at radius 2 is 1.77 bits per heavy atom. The van der Waals surface area contributed by atoms with Gasteiger partial charge in [0.25, 0.3) is 5.91 Å². The van der Waals surface area contributed by atoms with E-state index in [1.807, 2.05) is 17.0 Å². The van der Waals surface area contributed by atoms with E-state index in [1.165, 1.54) is 11.1 Å². The van der Waals surface area contributed by atoms with Gasteiger partial charge in [0.1, 0.15) is 5.75 Å². The van der Waals surface area contributed by atoms with Gasteiger partial charge in [-0.2, -0.15) is 0 Å². The number of hydrogen-bond acceptors (Lipinski definition) is 4. The van der Waals surface area contributed by atoms with Crippen LogP contribution in [0.1, 0.15) is 42.9 Å². The van der Waals surface area contributed by atoms with E-state index in [2.05, 4.69) is 48.3 Å². The van der Waals surface area contributed by atoms with Gasteiger partial charge in [-0.25, -0.2) is 0 Å². The Hall–Kier alpha value is -2.86. The number of piperazine rings is 1. The molecule has 31 heavy (non-hydrogen) atoms. The van der Waals surface area contributed by atoms with Gasteiger partial charge in [0.15, 0.2) is 6.61 Å². The van der Waals surface area contributed by atoms with Gasteiger partial charge in [-0.15, -0.1) is 0 Å². The van der Waals surface area contributed by atoms with Crippen molar-refractivity contribution >= 4 is 17.5 Å². The molecule has 0 aliphatic carbocycles. The van der Waals surface area contributed by atoms with Crippen LogP contribution >= 0.6 is 0 Å². The number of rotatable bonds is 6. The predicted octanol–water partition coefficient (Wildman–Crippen LogP) is 3.42. The normalized spacial score (nSPS) is 16.7. The molecule has 0 spiro atoms. The number of hydrogen-bond donors (Lipinski definition) is 1. The number of anilines is 1. The quantitative estimate of drug-likeness (QED) is 0.776. The summed E-state index contributed by atoms with van der Waals surface area (Å²) in [7, 11) is 0. The molecule has 164 valence electrons. The van der Waals surface area contributed by atoms with E-state index in [0.717, 1.165) is 44.0 Å². The molecule has 1 saturated heterocycles. The number of amides is 2. The van der Waals surface area contributed by atoms with Crippen molar-refractivity contribution in [1.82, 2.24) is 9.80 Å². The van der Waals surface area contributed by atoms with Crippen LogP contribution in [0.3, 0.4) is 0 Å². The Balaban J connectivity index is 1.23. The first-order valence-electron chi connectivity index (χ1n) is 11.1. The Morgan fingerprint density at radius 3 is 2.48 bits per heavy atom. The summed E-state index contributed by atoms with van der Waals surface area (Å²) in [5, 5.41) is 2.86. The van der Waals surface area contributed by atoms with Crippen LogP contribution in [0.4, 0.5) is 5.69 Å². The number of aryl methyl sites for hydroxylation is 1. The lowest BCUT2D eigenvalue weighted by molar-refractivity contribution is -0.135. The standard InChI is InChI=1S/C25H31N3O3/c1-18(2)20-5-3-19(4-6-20)16-27-11-13-28(14-12-27)25(30)17-31-22-8-9-23-21(15-22)7-10-24(29)26-23/h3-6,8-9,15,18H,7,10-14,16-17H2,1-2H3,(H,26,29). The van der Waals surface area contributed by atoms with Crippen LogP contribution in [-0.4, -0.2) is 54.4 Å². The molecule has 0 aromatic heterocycles. The summed E-state index contributed by atoms with van der Waals surface area (Å²) in [5.74, 6) is 1.29. The van der Waals surface area contributed by atoms with E-state index < -0.39 is 0 Å². The van der Waals surface area contributed by atoms with Crippen molar-refractivity contribution in [3.05, 3.63) is 59.2 Å². The fraction of sp³-hybridized carbons (Fsp3) is 0.440. The number of fused-ring (bicyclic) bond motifs is 1. The second-order valence-electron chi connectivity index (χ2n) is 8.71. The first-order valence-corrected chi connectivity index (χ1v) is 11.1. The number of benzene rings is 2. The molecule has 1 fully saturated rings. The number of carbonyl (C=O) groups is 2. The second kappa shape index (κ2) is 9.52. The van der Waals surface area contributed by atoms with Crippen LogP contribution in [0.25, 0.3) is 0 Å². The van der Waals surface area contributed by atoms with Crippen LogP contribution in [-0.2, 0) is 22.6 Å². The Kier molecular flexibility index (Phi) is 6.56. The molecule has 0 saturated carbocycles. The lowest BCUT2D eigenvalue weighted by atomic mass is 10.0. The summed E-state index contributed by atoms with van der Waals surface area (Å²) < 4.78 is 5.75. The molecule has 0 atom stereocenters. The minimum Gasteiger partial charge on any atom is -0.484 e. The number of carbonyl (C=O) groups excluding carboxylic acids is 2. The first kappa shape index (κ1) is 21.4. The van der Waals surface area contributed by atoms with E-state index in [4.69, 9.17) is 4.74 Å². The largest absolute Gasteiger partial charge is 0.484 e. The van der Waals surface area contributed by atoms with Crippen LogP contribution in [0.5, 0.6) is 5.75 Å². The van der Waals surface area contributed by atoms with E-state index in [-0.39, 0.29) is 18.4 Å². The average Bonchev–Trinajstić information content (AvgIpc) is 2.78. The number of ether oxygens (including phenoxy) is 1. The van der Waals surface area contributed by atoms with Gasteiger partial charge in [0.05, 0.1) is 0 Å². The highest BCUT2D eigenvalue weighted by Gasteiger charge is 2.22. The molecule has 2 aromatic carbocycles. The topological polar surface area (TPSA) is 61.9 Å². The lowest BCUT2D eigenvalue weighted by Gasteiger charge is -2.34. The molecule has 2 amide bonds. The van der Waals surface area contributed by atoms with Crippen LogP contribution in [0, 0.1) is 0 Å². The number of nitrogens with zero attached hydrogens (tertiary/aromatic N) is 2. The van der Waals surface area contributed by atoms with Gasteiger partial charge in [0.2, 0.25) is 5.91 Å². The van der Waals surface area contributed by atoms with Gasteiger partial charge in [-0.1, -0.05) is 38.1 Å². The van der Waals surface area contributed by atoms with Crippen molar-refractivity contribution in [3.63, 3.8) is 0 Å². The zero-order chi connectivity index (χ0) is 21.8. The minimum atomic E-state index is 0.0203. The van der Waals surface area contributed by atoms with E-state index >= 15 is 0 Å². The Labute approximate surface area is 184 Å². The zero-order valence-electron chi connectivity index (χ0n) is 18.4. The average molecular weight is 422 g/mol. The Morgan fingerprint density at radius 1 is 1.03 bits per heavy atom. The molecule has 4 rings (SSSR count). The minimum absolute atomic E-state index is 0.0203. The Bertz CT molecular complexity index is 932. The molecule has 1 N–H and O–H groups in total. The van der Waals surface area contributed by atoms with Crippen molar-refractivity contribution in [3.8, 4) is 5.75 Å². The summed E-state index contributed by atoms with van der Waals surface area (Å²) in [6.45, 7) is 8.57. The summed E-state index contributed by atoms with van der Waals surface area (Å²) in [4.78, 5) is 28.3. The maximum atomic E-state index is 12.6. The fourth-order valence-corrected chi connectivity index (χ4v) is 4.11. The van der Waals surface area contributed by atoms with Crippen LogP contribution in [0.2, 0.25) is 0 Å². The fourth-order valence-electron chi connectivity index (χ4n) is 4.11. The molecule has 0 bridgehead atoms. The van der Waals surface area contributed by atoms with Gasteiger partial charge in [0, 0.05) is 44.8 Å². The van der Waals surface area contributed by atoms with E-state index in [0.29, 0.717) is 24.5 Å². The maximum absolute atomic E-state index is 12.6. The second-order valence-corrected chi connectivity index (χ2v) is 8.71. The number of nitrogens with one attached hydrogen (secondary N) is 1. The van der Waals surface area contributed by atoms with Crippen LogP contribution < -0.4 is 10.1 Å². The molecule has 0 radical (unpaired) electrons. The predicted molar refractivity (Wildman–Crippen MR) is 121 cm³/mol. The van der Waals surface area contributed by atoms with Crippen molar-refractivity contribution in [2.75, 3.05) is 38.1 Å². The van der Waals surface area contributed by atoms with Crippen molar-refractivity contribution in [2.24, 2.45) is 0 Å². The highest BCUT2D eigenvalue weighted by atomic mass is 16.5. The first-order chi connectivity index (χ1) is 15.0. The molecule has 2 aromatic rings. The van der Waals surface area contributed by atoms with Gasteiger partial charge >= 0.3 is 0 Å². The molecule has 0 unspecified atom stereocenters. The highest BCUT2D eigenvalue weighted by molar-refractivity contribution is 5.94. The molecular weight excluding hydrogens is 390 g/mol. The summed E-state index contributed by atoms with van der Waals surface area (Å²) in [6, 6.07) is 14.4. The lowest BCUT2D eigenvalue weighted by Crippen LogP contribution is -2.49. The van der Waals surface area contributed by atoms with Crippen molar-refractivity contribution in [1.29, 1.82) is 0 Å². The van der Waals surface area contributed by atoms with Crippen LogP contribution in [0.15, 0.2) is 42.5 Å². The van der Waals surface area contributed by atoms with Crippen molar-refractivity contribution in [2.45, 2.75) is 39.2 Å². The highest BCUT2D eigenvalue weighted by Crippen LogP contribution is 2.26.